The molecule has 2 nitrogen and oxygen atoms in total. The van der Waals surface area contributed by atoms with Crippen LogP contribution in [0.2, 0.25) is 0 Å². The number of hydrogen-bond donors (Lipinski definition) is 1. The summed E-state index contributed by atoms with van der Waals surface area (Å²) < 4.78 is 0. The predicted octanol–water partition coefficient (Wildman–Crippen LogP) is 4.45. The summed E-state index contributed by atoms with van der Waals surface area (Å²) in [4.78, 5) is 4.92. The van der Waals surface area contributed by atoms with Crippen molar-refractivity contribution in [3.05, 3.63) is 0 Å². The van der Waals surface area contributed by atoms with Gasteiger partial charge in [-0.25, -0.2) is 0 Å². The minimum atomic E-state index is 0.399. The molecule has 3 aliphatic rings. The third-order valence-electron chi connectivity index (χ3n) is 5.63. The van der Waals surface area contributed by atoms with E-state index in [0.29, 0.717) is 5.54 Å². The van der Waals surface area contributed by atoms with E-state index in [0.717, 1.165) is 24.3 Å². The van der Waals surface area contributed by atoms with Gasteiger partial charge in [0.05, 0.1) is 0 Å². The quantitative estimate of drug-likeness (QED) is 0.813. The first-order chi connectivity index (χ1) is 9.65. The maximum atomic E-state index is 4.92. The van der Waals surface area contributed by atoms with E-state index in [-0.39, 0.29) is 0 Å². The number of nitrogens with zero attached hydrogens (tertiary/aromatic N) is 1. The Bertz CT molecular complexity index is 358. The van der Waals surface area contributed by atoms with Gasteiger partial charge >= 0.3 is 0 Å². The fourth-order valence-electron chi connectivity index (χ4n) is 4.11. The zero-order chi connectivity index (χ0) is 14.0. The Morgan fingerprint density at radius 1 is 1.15 bits per heavy atom. The van der Waals surface area contributed by atoms with Gasteiger partial charge in [-0.05, 0) is 56.3 Å². The van der Waals surface area contributed by atoms with Gasteiger partial charge in [0.25, 0.3) is 0 Å². The lowest BCUT2D eigenvalue weighted by Crippen LogP contribution is -2.46. The van der Waals surface area contributed by atoms with E-state index in [1.165, 1.54) is 62.3 Å². The topological polar surface area (TPSA) is 24.4 Å². The molecule has 1 spiro atoms. The number of rotatable bonds is 2. The monoisotopic (exact) mass is 294 g/mol. The van der Waals surface area contributed by atoms with Crippen LogP contribution < -0.4 is 5.32 Å². The first-order valence-electron chi connectivity index (χ1n) is 8.61. The van der Waals surface area contributed by atoms with Crippen LogP contribution in [0.4, 0.5) is 0 Å². The molecule has 2 unspecified atom stereocenters. The van der Waals surface area contributed by atoms with E-state index in [1.54, 1.807) is 0 Å². The highest BCUT2D eigenvalue weighted by Gasteiger charge is 2.39. The van der Waals surface area contributed by atoms with E-state index >= 15 is 0 Å². The van der Waals surface area contributed by atoms with Gasteiger partial charge in [0.2, 0.25) is 0 Å². The van der Waals surface area contributed by atoms with Crippen molar-refractivity contribution in [1.29, 1.82) is 0 Å². The van der Waals surface area contributed by atoms with Gasteiger partial charge in [0.1, 0.15) is 0 Å². The van der Waals surface area contributed by atoms with Gasteiger partial charge < -0.3 is 5.32 Å². The van der Waals surface area contributed by atoms with Crippen LogP contribution in [-0.2, 0) is 0 Å². The van der Waals surface area contributed by atoms with E-state index in [4.69, 9.17) is 4.99 Å². The van der Waals surface area contributed by atoms with Crippen LogP contribution in [-0.4, -0.2) is 23.0 Å². The summed E-state index contributed by atoms with van der Waals surface area (Å²) in [6.07, 6.45) is 11.1. The van der Waals surface area contributed by atoms with Crippen LogP contribution in [0.15, 0.2) is 4.99 Å². The standard InChI is InChI=1S/C17H30N2S/c1-13-6-8-17(9-7-13)12-20-16(19-17)18-11-15-5-3-4-14(2)10-15/h13-15H,3-12H2,1-2H3,(H,18,19). The first-order valence-corrected chi connectivity index (χ1v) is 9.59. The summed E-state index contributed by atoms with van der Waals surface area (Å²) in [5.74, 6) is 3.94. The number of nitrogens with one attached hydrogen (secondary N) is 1. The molecule has 0 aromatic heterocycles. The highest BCUT2D eigenvalue weighted by Crippen LogP contribution is 2.38. The second-order valence-electron chi connectivity index (χ2n) is 7.66. The summed E-state index contributed by atoms with van der Waals surface area (Å²) in [6.45, 7) is 5.86. The number of amidine groups is 1. The maximum absolute atomic E-state index is 4.92. The SMILES string of the molecule is CC1CCC2(CC1)CSC(=NCC1CCCC(C)C1)N2. The molecule has 1 saturated heterocycles. The summed E-state index contributed by atoms with van der Waals surface area (Å²) in [5.41, 5.74) is 0.399. The van der Waals surface area contributed by atoms with Crippen molar-refractivity contribution in [2.75, 3.05) is 12.3 Å². The van der Waals surface area contributed by atoms with Crippen LogP contribution in [0, 0.1) is 17.8 Å². The van der Waals surface area contributed by atoms with Crippen molar-refractivity contribution < 1.29 is 0 Å². The fourth-order valence-corrected chi connectivity index (χ4v) is 5.34. The number of hydrogen-bond acceptors (Lipinski definition) is 2. The van der Waals surface area contributed by atoms with Gasteiger partial charge in [-0.1, -0.05) is 38.5 Å². The predicted molar refractivity (Wildman–Crippen MR) is 89.4 cm³/mol. The summed E-state index contributed by atoms with van der Waals surface area (Å²) >= 11 is 1.98. The Morgan fingerprint density at radius 2 is 1.95 bits per heavy atom. The molecular formula is C17H30N2S. The van der Waals surface area contributed by atoms with Gasteiger partial charge in [-0.15, -0.1) is 0 Å². The molecule has 2 atom stereocenters. The zero-order valence-corrected chi connectivity index (χ0v) is 14.0. The molecule has 114 valence electrons. The Kier molecular flexibility index (Phi) is 4.64. The number of aliphatic imine (C=N–C) groups is 1. The number of thioether (sulfide) groups is 1. The molecule has 3 fully saturated rings. The smallest absolute Gasteiger partial charge is 0.157 e. The molecule has 1 heterocycles. The van der Waals surface area contributed by atoms with Crippen molar-refractivity contribution in [2.24, 2.45) is 22.7 Å². The van der Waals surface area contributed by atoms with Crippen LogP contribution >= 0.6 is 11.8 Å². The van der Waals surface area contributed by atoms with Crippen LogP contribution in [0.25, 0.3) is 0 Å². The van der Waals surface area contributed by atoms with Gasteiger partial charge in [-0.3, -0.25) is 4.99 Å². The molecule has 20 heavy (non-hydrogen) atoms. The molecule has 0 aromatic carbocycles. The summed E-state index contributed by atoms with van der Waals surface area (Å²) in [6, 6.07) is 0. The summed E-state index contributed by atoms with van der Waals surface area (Å²) in [7, 11) is 0. The molecule has 0 amide bonds. The fraction of sp³-hybridized carbons (Fsp3) is 0.941. The van der Waals surface area contributed by atoms with Crippen molar-refractivity contribution >= 4 is 16.9 Å². The Balaban J connectivity index is 1.50. The van der Waals surface area contributed by atoms with Gasteiger partial charge in [-0.2, -0.15) is 0 Å². The van der Waals surface area contributed by atoms with Crippen molar-refractivity contribution in [1.82, 2.24) is 5.32 Å². The molecule has 2 aliphatic carbocycles. The average Bonchev–Trinajstić information content (AvgIpc) is 2.84. The lowest BCUT2D eigenvalue weighted by Gasteiger charge is -2.35. The summed E-state index contributed by atoms with van der Waals surface area (Å²) in [5, 5.41) is 5.04. The maximum Gasteiger partial charge on any atom is 0.157 e. The van der Waals surface area contributed by atoms with Crippen LogP contribution in [0.5, 0.6) is 0 Å². The Hall–Kier alpha value is -0.180. The van der Waals surface area contributed by atoms with E-state index < -0.39 is 0 Å². The Labute approximate surface area is 128 Å². The average molecular weight is 295 g/mol. The molecule has 2 saturated carbocycles. The van der Waals surface area contributed by atoms with Gasteiger partial charge in [0, 0.05) is 17.8 Å². The molecule has 1 aliphatic heterocycles. The van der Waals surface area contributed by atoms with Crippen LogP contribution in [0.3, 0.4) is 0 Å². The molecule has 0 aromatic rings. The minimum Gasteiger partial charge on any atom is -0.359 e. The zero-order valence-electron chi connectivity index (χ0n) is 13.2. The lowest BCUT2D eigenvalue weighted by atomic mass is 9.78. The lowest BCUT2D eigenvalue weighted by molar-refractivity contribution is 0.250. The second-order valence-corrected chi connectivity index (χ2v) is 8.62. The molecule has 0 radical (unpaired) electrons. The van der Waals surface area contributed by atoms with E-state index in [1.807, 2.05) is 11.8 Å². The first kappa shape index (κ1) is 14.7. The van der Waals surface area contributed by atoms with E-state index in [2.05, 4.69) is 19.2 Å². The molecule has 0 bridgehead atoms. The highest BCUT2D eigenvalue weighted by atomic mass is 32.2. The van der Waals surface area contributed by atoms with Crippen molar-refractivity contribution in [2.45, 2.75) is 70.8 Å². The van der Waals surface area contributed by atoms with E-state index in [9.17, 15) is 0 Å². The minimum absolute atomic E-state index is 0.399. The van der Waals surface area contributed by atoms with Crippen molar-refractivity contribution in [3.63, 3.8) is 0 Å². The largest absolute Gasteiger partial charge is 0.359 e. The highest BCUT2D eigenvalue weighted by molar-refractivity contribution is 8.14. The van der Waals surface area contributed by atoms with Crippen molar-refractivity contribution in [3.8, 4) is 0 Å². The second kappa shape index (κ2) is 6.29. The Morgan fingerprint density at radius 3 is 2.70 bits per heavy atom. The van der Waals surface area contributed by atoms with Gasteiger partial charge in [0.15, 0.2) is 5.17 Å². The molecule has 3 rings (SSSR count). The molecular weight excluding hydrogens is 264 g/mol. The molecule has 3 heteroatoms. The van der Waals surface area contributed by atoms with Crippen LogP contribution in [0.1, 0.15) is 65.2 Å². The normalized spacial score (nSPS) is 43.9. The molecule has 1 N–H and O–H groups in total. The third-order valence-corrected chi connectivity index (χ3v) is 6.83. The third kappa shape index (κ3) is 3.52.